The van der Waals surface area contributed by atoms with E-state index in [0.717, 1.165) is 0 Å². The number of rotatable bonds is 4. The Labute approximate surface area is 82.7 Å². The van der Waals surface area contributed by atoms with Gasteiger partial charge < -0.3 is 4.74 Å². The molecule has 0 unspecified atom stereocenters. The molecule has 78 valence electrons. The van der Waals surface area contributed by atoms with E-state index >= 15 is 0 Å². The van der Waals surface area contributed by atoms with Crippen LogP contribution in [0.1, 0.15) is 25.8 Å². The van der Waals surface area contributed by atoms with Gasteiger partial charge in [-0.25, -0.2) is 8.78 Å². The quantitative estimate of drug-likeness (QED) is 0.720. The van der Waals surface area contributed by atoms with Gasteiger partial charge in [-0.2, -0.15) is 0 Å². The van der Waals surface area contributed by atoms with Crippen LogP contribution in [0.4, 0.5) is 8.78 Å². The number of hydrogen-bond acceptors (Lipinski definition) is 1. The van der Waals surface area contributed by atoms with Gasteiger partial charge in [-0.15, -0.1) is 0 Å². The average Bonchev–Trinajstić information content (AvgIpc) is 2.15. The Hall–Kier alpha value is -1.12. The van der Waals surface area contributed by atoms with Crippen LogP contribution in [0.3, 0.4) is 0 Å². The topological polar surface area (TPSA) is 9.23 Å². The highest BCUT2D eigenvalue weighted by Gasteiger charge is 2.07. The van der Waals surface area contributed by atoms with Crippen molar-refractivity contribution in [1.82, 2.24) is 0 Å². The molecule has 0 aliphatic carbocycles. The van der Waals surface area contributed by atoms with Gasteiger partial charge in [0.05, 0.1) is 6.61 Å². The number of halogens is 2. The van der Waals surface area contributed by atoms with Crippen LogP contribution >= 0.6 is 0 Å². The van der Waals surface area contributed by atoms with Crippen molar-refractivity contribution < 1.29 is 13.5 Å². The zero-order valence-electron chi connectivity index (χ0n) is 8.34. The van der Waals surface area contributed by atoms with Crippen LogP contribution in [-0.4, -0.2) is 6.61 Å². The van der Waals surface area contributed by atoms with E-state index in [9.17, 15) is 8.78 Å². The maximum Gasteiger partial charge on any atom is 0.263 e. The van der Waals surface area contributed by atoms with Crippen molar-refractivity contribution in [1.29, 1.82) is 0 Å². The molecule has 0 amide bonds. The second kappa shape index (κ2) is 4.94. The first-order valence-electron chi connectivity index (χ1n) is 4.60. The fourth-order valence-corrected chi connectivity index (χ4v) is 1.00. The Bertz CT molecular complexity index is 284. The Balaban J connectivity index is 2.64. The molecule has 0 saturated heterocycles. The molecule has 3 heteroatoms. The van der Waals surface area contributed by atoms with Gasteiger partial charge in [-0.1, -0.05) is 26.0 Å². The Morgan fingerprint density at radius 3 is 2.57 bits per heavy atom. The molecule has 0 bridgehead atoms. The standard InChI is InChI=1S/C11H14F2O/c1-8(2)7-14-10-5-3-4-9(6-10)11(12)13/h3-6,8,11H,7H2,1-2H3. The van der Waals surface area contributed by atoms with Crippen molar-refractivity contribution in [3.05, 3.63) is 29.8 Å². The van der Waals surface area contributed by atoms with Crippen LogP contribution in [0.25, 0.3) is 0 Å². The molecular weight excluding hydrogens is 186 g/mol. The lowest BCUT2D eigenvalue weighted by molar-refractivity contribution is 0.150. The van der Waals surface area contributed by atoms with Crippen LogP contribution < -0.4 is 4.74 Å². The normalized spacial score (nSPS) is 11.0. The van der Waals surface area contributed by atoms with Gasteiger partial charge in [-0.3, -0.25) is 0 Å². The molecule has 0 spiro atoms. The van der Waals surface area contributed by atoms with Gasteiger partial charge in [0, 0.05) is 5.56 Å². The SMILES string of the molecule is CC(C)COc1cccc(C(F)F)c1. The highest BCUT2D eigenvalue weighted by molar-refractivity contribution is 5.29. The van der Waals surface area contributed by atoms with Gasteiger partial charge in [0.1, 0.15) is 5.75 Å². The van der Waals surface area contributed by atoms with Crippen LogP contribution in [0.15, 0.2) is 24.3 Å². The van der Waals surface area contributed by atoms with Crippen molar-refractivity contribution in [2.75, 3.05) is 6.61 Å². The van der Waals surface area contributed by atoms with Crippen molar-refractivity contribution in [3.63, 3.8) is 0 Å². The van der Waals surface area contributed by atoms with E-state index in [1.54, 1.807) is 12.1 Å². The zero-order valence-corrected chi connectivity index (χ0v) is 8.34. The van der Waals surface area contributed by atoms with E-state index in [1.165, 1.54) is 12.1 Å². The Morgan fingerprint density at radius 1 is 1.29 bits per heavy atom. The fourth-order valence-electron chi connectivity index (χ4n) is 1.00. The monoisotopic (exact) mass is 200 g/mol. The van der Waals surface area contributed by atoms with Crippen molar-refractivity contribution >= 4 is 0 Å². The van der Waals surface area contributed by atoms with Gasteiger partial charge in [0.25, 0.3) is 6.43 Å². The van der Waals surface area contributed by atoms with E-state index in [0.29, 0.717) is 18.3 Å². The maximum atomic E-state index is 12.3. The molecule has 0 heterocycles. The Morgan fingerprint density at radius 2 is 2.00 bits per heavy atom. The molecule has 1 aromatic rings. The molecule has 0 saturated carbocycles. The smallest absolute Gasteiger partial charge is 0.263 e. The molecule has 0 N–H and O–H groups in total. The van der Waals surface area contributed by atoms with Crippen LogP contribution in [0.2, 0.25) is 0 Å². The summed E-state index contributed by atoms with van der Waals surface area (Å²) in [5.41, 5.74) is 0.00579. The van der Waals surface area contributed by atoms with E-state index in [-0.39, 0.29) is 5.56 Å². The first-order valence-corrected chi connectivity index (χ1v) is 4.60. The third-order valence-electron chi connectivity index (χ3n) is 1.69. The molecule has 0 atom stereocenters. The van der Waals surface area contributed by atoms with Gasteiger partial charge in [-0.05, 0) is 18.1 Å². The van der Waals surface area contributed by atoms with Crippen LogP contribution in [-0.2, 0) is 0 Å². The molecular formula is C11H14F2O. The number of alkyl halides is 2. The Kier molecular flexibility index (Phi) is 3.86. The predicted molar refractivity (Wildman–Crippen MR) is 51.7 cm³/mol. The molecule has 0 aliphatic rings. The second-order valence-electron chi connectivity index (χ2n) is 3.58. The number of benzene rings is 1. The maximum absolute atomic E-state index is 12.3. The highest BCUT2D eigenvalue weighted by Crippen LogP contribution is 2.23. The minimum absolute atomic E-state index is 0.00579. The van der Waals surface area contributed by atoms with Crippen molar-refractivity contribution in [2.45, 2.75) is 20.3 Å². The minimum Gasteiger partial charge on any atom is -0.493 e. The first-order chi connectivity index (χ1) is 6.59. The van der Waals surface area contributed by atoms with E-state index < -0.39 is 6.43 Å². The molecule has 0 aliphatic heterocycles. The lowest BCUT2D eigenvalue weighted by Gasteiger charge is -2.09. The lowest BCUT2D eigenvalue weighted by Crippen LogP contribution is -2.04. The summed E-state index contributed by atoms with van der Waals surface area (Å²) in [7, 11) is 0. The summed E-state index contributed by atoms with van der Waals surface area (Å²) in [6.45, 7) is 4.57. The molecule has 1 aromatic carbocycles. The van der Waals surface area contributed by atoms with Crippen LogP contribution in [0, 0.1) is 5.92 Å². The van der Waals surface area contributed by atoms with E-state index in [2.05, 4.69) is 0 Å². The summed E-state index contributed by atoms with van der Waals surface area (Å²) in [6.07, 6.45) is -2.43. The minimum atomic E-state index is -2.43. The predicted octanol–water partition coefficient (Wildman–Crippen LogP) is 3.66. The van der Waals surface area contributed by atoms with E-state index in [1.807, 2.05) is 13.8 Å². The average molecular weight is 200 g/mol. The van der Waals surface area contributed by atoms with Crippen LogP contribution in [0.5, 0.6) is 5.75 Å². The first kappa shape index (κ1) is 11.0. The fraction of sp³-hybridized carbons (Fsp3) is 0.455. The van der Waals surface area contributed by atoms with Crippen molar-refractivity contribution in [2.24, 2.45) is 5.92 Å². The number of hydrogen-bond donors (Lipinski definition) is 0. The van der Waals surface area contributed by atoms with Gasteiger partial charge in [0.15, 0.2) is 0 Å². The summed E-state index contributed by atoms with van der Waals surface area (Å²) in [5.74, 6) is 0.904. The number of ether oxygens (including phenoxy) is 1. The zero-order chi connectivity index (χ0) is 10.6. The highest BCUT2D eigenvalue weighted by atomic mass is 19.3. The van der Waals surface area contributed by atoms with Gasteiger partial charge in [0.2, 0.25) is 0 Å². The largest absolute Gasteiger partial charge is 0.493 e. The molecule has 1 nitrogen and oxygen atoms in total. The molecule has 0 fully saturated rings. The molecule has 0 radical (unpaired) electrons. The van der Waals surface area contributed by atoms with Crippen molar-refractivity contribution in [3.8, 4) is 5.75 Å². The second-order valence-corrected chi connectivity index (χ2v) is 3.58. The summed E-state index contributed by atoms with van der Waals surface area (Å²) >= 11 is 0. The summed E-state index contributed by atoms with van der Waals surface area (Å²) in [6, 6.07) is 6.05. The summed E-state index contributed by atoms with van der Waals surface area (Å²) in [4.78, 5) is 0. The third kappa shape index (κ3) is 3.32. The third-order valence-corrected chi connectivity index (χ3v) is 1.69. The summed E-state index contributed by atoms with van der Waals surface area (Å²) in [5, 5.41) is 0. The lowest BCUT2D eigenvalue weighted by atomic mass is 10.2. The van der Waals surface area contributed by atoms with E-state index in [4.69, 9.17) is 4.74 Å². The molecule has 0 aromatic heterocycles. The summed E-state index contributed by atoms with van der Waals surface area (Å²) < 4.78 is 29.9. The van der Waals surface area contributed by atoms with Gasteiger partial charge >= 0.3 is 0 Å². The molecule has 1 rings (SSSR count). The molecule has 14 heavy (non-hydrogen) atoms.